The summed E-state index contributed by atoms with van der Waals surface area (Å²) in [5.41, 5.74) is 1.87. The maximum atomic E-state index is 11.4. The number of hydrogen-bond acceptors (Lipinski definition) is 4. The van der Waals surface area contributed by atoms with Crippen molar-refractivity contribution in [2.24, 2.45) is 0 Å². The van der Waals surface area contributed by atoms with Gasteiger partial charge in [-0.05, 0) is 29.8 Å². The van der Waals surface area contributed by atoms with Gasteiger partial charge in [0, 0.05) is 11.6 Å². The van der Waals surface area contributed by atoms with Crippen LogP contribution in [-0.4, -0.2) is 12.0 Å². The Bertz CT molecular complexity index is 928. The Morgan fingerprint density at radius 2 is 1.77 bits per heavy atom. The molecule has 0 aliphatic rings. The van der Waals surface area contributed by atoms with Crippen molar-refractivity contribution in [2.45, 2.75) is 6.61 Å². The Labute approximate surface area is 155 Å². The van der Waals surface area contributed by atoms with Gasteiger partial charge in [0.1, 0.15) is 23.1 Å². The van der Waals surface area contributed by atoms with Crippen LogP contribution < -0.4 is 9.47 Å². The first kappa shape index (κ1) is 17.8. The molecule has 0 unspecified atom stereocenters. The Balaban J connectivity index is 1.93. The zero-order valence-corrected chi connectivity index (χ0v) is 14.8. The molecule has 0 bridgehead atoms. The summed E-state index contributed by atoms with van der Waals surface area (Å²) in [7, 11) is 1.51. The van der Waals surface area contributed by atoms with E-state index in [4.69, 9.17) is 21.1 Å². The third-order valence-corrected chi connectivity index (χ3v) is 4.19. The van der Waals surface area contributed by atoms with E-state index < -0.39 is 4.92 Å². The summed E-state index contributed by atoms with van der Waals surface area (Å²) in [6, 6.07) is 19.8. The van der Waals surface area contributed by atoms with Gasteiger partial charge >= 0.3 is 0 Å². The first-order valence-electron chi connectivity index (χ1n) is 7.88. The van der Waals surface area contributed by atoms with Gasteiger partial charge in [0.15, 0.2) is 0 Å². The normalized spacial score (nSPS) is 10.4. The fourth-order valence-electron chi connectivity index (χ4n) is 2.64. The number of benzene rings is 3. The van der Waals surface area contributed by atoms with E-state index in [1.807, 2.05) is 30.3 Å². The Morgan fingerprint density at radius 3 is 2.46 bits per heavy atom. The largest absolute Gasteiger partial charge is 0.496 e. The monoisotopic (exact) mass is 369 g/mol. The fraction of sp³-hybridized carbons (Fsp3) is 0.100. The van der Waals surface area contributed by atoms with Crippen LogP contribution in [0.5, 0.6) is 11.5 Å². The van der Waals surface area contributed by atoms with Crippen LogP contribution in [0, 0.1) is 10.1 Å². The van der Waals surface area contributed by atoms with Crippen molar-refractivity contribution in [2.75, 3.05) is 7.11 Å². The second kappa shape index (κ2) is 7.89. The number of hydrogen-bond donors (Lipinski definition) is 0. The SMILES string of the molecule is COc1cc(OCc2ccccc2)ccc1-c1cccc(Cl)c1[N+](=O)[O-]. The van der Waals surface area contributed by atoms with E-state index in [2.05, 4.69) is 0 Å². The highest BCUT2D eigenvalue weighted by atomic mass is 35.5. The minimum absolute atomic E-state index is 0.0824. The van der Waals surface area contributed by atoms with E-state index in [9.17, 15) is 10.1 Å². The minimum atomic E-state index is -0.489. The van der Waals surface area contributed by atoms with Crippen LogP contribution in [0.4, 0.5) is 5.69 Å². The number of nitrogens with zero attached hydrogens (tertiary/aromatic N) is 1. The number of halogens is 1. The second-order valence-corrected chi connectivity index (χ2v) is 5.94. The van der Waals surface area contributed by atoms with Crippen molar-refractivity contribution < 1.29 is 14.4 Å². The van der Waals surface area contributed by atoms with Crippen LogP contribution in [0.2, 0.25) is 5.02 Å². The van der Waals surface area contributed by atoms with E-state index in [1.54, 1.807) is 30.3 Å². The van der Waals surface area contributed by atoms with Gasteiger partial charge in [0.2, 0.25) is 0 Å². The third kappa shape index (κ3) is 3.78. The number of para-hydroxylation sites is 1. The quantitative estimate of drug-likeness (QED) is 0.425. The number of methoxy groups -OCH3 is 1. The standard InChI is InChI=1S/C20H16ClNO4/c1-25-19-12-15(26-13-14-6-3-2-4-7-14)10-11-16(19)17-8-5-9-18(21)20(17)22(23)24/h2-12H,13H2,1H3. The molecule has 5 nitrogen and oxygen atoms in total. The van der Waals surface area contributed by atoms with Crippen molar-refractivity contribution in [1.29, 1.82) is 0 Å². The molecule has 3 aromatic rings. The van der Waals surface area contributed by atoms with Crippen molar-refractivity contribution in [3.63, 3.8) is 0 Å². The van der Waals surface area contributed by atoms with Crippen LogP contribution in [0.1, 0.15) is 5.56 Å². The zero-order valence-electron chi connectivity index (χ0n) is 14.0. The van der Waals surface area contributed by atoms with Gasteiger partial charge in [-0.2, -0.15) is 0 Å². The molecule has 0 saturated carbocycles. The maximum absolute atomic E-state index is 11.4. The maximum Gasteiger partial charge on any atom is 0.295 e. The van der Waals surface area contributed by atoms with Gasteiger partial charge in [0.05, 0.1) is 17.6 Å². The van der Waals surface area contributed by atoms with E-state index in [-0.39, 0.29) is 10.7 Å². The summed E-state index contributed by atoms with van der Waals surface area (Å²) in [5, 5.41) is 11.5. The van der Waals surface area contributed by atoms with E-state index in [0.717, 1.165) is 5.56 Å². The second-order valence-electron chi connectivity index (χ2n) is 5.53. The van der Waals surface area contributed by atoms with Gasteiger partial charge in [-0.25, -0.2) is 0 Å². The first-order chi connectivity index (χ1) is 12.6. The van der Waals surface area contributed by atoms with Crippen LogP contribution >= 0.6 is 11.6 Å². The van der Waals surface area contributed by atoms with E-state index >= 15 is 0 Å². The molecule has 3 rings (SSSR count). The lowest BCUT2D eigenvalue weighted by Crippen LogP contribution is -1.98. The summed E-state index contributed by atoms with van der Waals surface area (Å²) < 4.78 is 11.2. The van der Waals surface area contributed by atoms with Crippen LogP contribution in [0.25, 0.3) is 11.1 Å². The lowest BCUT2D eigenvalue weighted by molar-refractivity contribution is -0.384. The van der Waals surface area contributed by atoms with Gasteiger partial charge in [-0.3, -0.25) is 10.1 Å². The van der Waals surface area contributed by atoms with Gasteiger partial charge in [-0.15, -0.1) is 0 Å². The fourth-order valence-corrected chi connectivity index (χ4v) is 2.89. The smallest absolute Gasteiger partial charge is 0.295 e. The van der Waals surface area contributed by atoms with Crippen molar-refractivity contribution in [3.05, 3.63) is 87.4 Å². The molecule has 26 heavy (non-hydrogen) atoms. The van der Waals surface area contributed by atoms with E-state index in [1.165, 1.54) is 13.2 Å². The summed E-state index contributed by atoms with van der Waals surface area (Å²) >= 11 is 6.01. The molecular weight excluding hydrogens is 354 g/mol. The first-order valence-corrected chi connectivity index (χ1v) is 8.26. The molecule has 0 spiro atoms. The third-order valence-electron chi connectivity index (χ3n) is 3.88. The van der Waals surface area contributed by atoms with Crippen LogP contribution in [0.3, 0.4) is 0 Å². The molecule has 0 aromatic heterocycles. The summed E-state index contributed by atoms with van der Waals surface area (Å²) in [6.45, 7) is 0.417. The van der Waals surface area contributed by atoms with Crippen LogP contribution in [0.15, 0.2) is 66.7 Å². The average Bonchev–Trinajstić information content (AvgIpc) is 2.66. The molecule has 0 aliphatic heterocycles. The molecule has 0 N–H and O–H groups in total. The summed E-state index contributed by atoms with van der Waals surface area (Å²) in [4.78, 5) is 10.9. The van der Waals surface area contributed by atoms with Gasteiger partial charge in [0.25, 0.3) is 5.69 Å². The molecule has 132 valence electrons. The molecule has 6 heteroatoms. The Kier molecular flexibility index (Phi) is 5.39. The molecule has 0 saturated heterocycles. The highest BCUT2D eigenvalue weighted by Crippen LogP contribution is 2.41. The van der Waals surface area contributed by atoms with Crippen LogP contribution in [-0.2, 0) is 6.61 Å². The van der Waals surface area contributed by atoms with E-state index in [0.29, 0.717) is 29.2 Å². The number of nitro benzene ring substituents is 1. The van der Waals surface area contributed by atoms with Gasteiger partial charge < -0.3 is 9.47 Å². The predicted octanol–water partition coefficient (Wildman–Crippen LogP) is 5.50. The summed E-state index contributed by atoms with van der Waals surface area (Å²) in [5.74, 6) is 1.08. The average molecular weight is 370 g/mol. The number of nitro groups is 1. The molecular formula is C20H16ClNO4. The predicted molar refractivity (Wildman–Crippen MR) is 101 cm³/mol. The minimum Gasteiger partial charge on any atom is -0.496 e. The molecule has 0 heterocycles. The number of rotatable bonds is 6. The molecule has 0 atom stereocenters. The van der Waals surface area contributed by atoms with Crippen molar-refractivity contribution >= 4 is 17.3 Å². The lowest BCUT2D eigenvalue weighted by Gasteiger charge is -2.13. The molecule has 0 aliphatic carbocycles. The highest BCUT2D eigenvalue weighted by Gasteiger charge is 2.22. The van der Waals surface area contributed by atoms with Crippen molar-refractivity contribution in [3.8, 4) is 22.6 Å². The number of ether oxygens (including phenoxy) is 2. The topological polar surface area (TPSA) is 61.6 Å². The highest BCUT2D eigenvalue weighted by molar-refractivity contribution is 6.33. The Hall–Kier alpha value is -3.05. The van der Waals surface area contributed by atoms with Crippen molar-refractivity contribution in [1.82, 2.24) is 0 Å². The molecule has 3 aromatic carbocycles. The Morgan fingerprint density at radius 1 is 1.00 bits per heavy atom. The molecule has 0 amide bonds. The summed E-state index contributed by atoms with van der Waals surface area (Å²) in [6.07, 6.45) is 0. The lowest BCUT2D eigenvalue weighted by atomic mass is 10.0. The van der Waals surface area contributed by atoms with Gasteiger partial charge in [-0.1, -0.05) is 48.0 Å². The zero-order chi connectivity index (χ0) is 18.5. The molecule has 0 radical (unpaired) electrons. The molecule has 0 fully saturated rings.